The van der Waals surface area contributed by atoms with Gasteiger partial charge in [-0.05, 0) is 31.2 Å². The van der Waals surface area contributed by atoms with Crippen LogP contribution in [-0.2, 0) is 0 Å². The van der Waals surface area contributed by atoms with Gasteiger partial charge < -0.3 is 15.2 Å². The minimum absolute atomic E-state index is 0.116. The molecule has 1 heterocycles. The third-order valence-corrected chi connectivity index (χ3v) is 2.93. The summed E-state index contributed by atoms with van der Waals surface area (Å²) in [6.07, 6.45) is 1.67. The highest BCUT2D eigenvalue weighted by molar-refractivity contribution is 5.97. The molecular formula is C15H16N2O3. The number of hydrogen-bond acceptors (Lipinski definition) is 4. The summed E-state index contributed by atoms with van der Waals surface area (Å²) in [6, 6.07) is 9.81. The van der Waals surface area contributed by atoms with Crippen LogP contribution in [0.3, 0.4) is 0 Å². The molecule has 5 nitrogen and oxygen atoms in total. The van der Waals surface area contributed by atoms with Crippen molar-refractivity contribution in [3.05, 3.63) is 53.9 Å². The van der Waals surface area contributed by atoms with Crippen LogP contribution in [0.4, 0.5) is 0 Å². The number of nitrogens with zero attached hydrogens (tertiary/aromatic N) is 1. The molecule has 0 aliphatic carbocycles. The van der Waals surface area contributed by atoms with E-state index in [2.05, 4.69) is 10.3 Å². The van der Waals surface area contributed by atoms with E-state index in [1.54, 1.807) is 12.3 Å². The molecule has 0 radical (unpaired) electrons. The van der Waals surface area contributed by atoms with Gasteiger partial charge in [0.15, 0.2) is 0 Å². The molecule has 1 aromatic heterocycles. The highest BCUT2D eigenvalue weighted by Crippen LogP contribution is 2.23. The van der Waals surface area contributed by atoms with Crippen LogP contribution in [0.15, 0.2) is 42.6 Å². The molecule has 104 valence electrons. The molecule has 1 atom stereocenters. The van der Waals surface area contributed by atoms with Gasteiger partial charge in [0.05, 0.1) is 24.4 Å². The number of pyridine rings is 1. The lowest BCUT2D eigenvalue weighted by atomic mass is 10.1. The third kappa shape index (κ3) is 3.06. The highest BCUT2D eigenvalue weighted by atomic mass is 16.5. The van der Waals surface area contributed by atoms with Gasteiger partial charge in [0.25, 0.3) is 5.91 Å². The summed E-state index contributed by atoms with van der Waals surface area (Å²) in [6.45, 7) is 1.83. The molecule has 20 heavy (non-hydrogen) atoms. The fraction of sp³-hybridized carbons (Fsp3) is 0.200. The van der Waals surface area contributed by atoms with Crippen molar-refractivity contribution in [3.8, 4) is 11.5 Å². The summed E-state index contributed by atoms with van der Waals surface area (Å²) in [5.74, 6) is 0.0233. The van der Waals surface area contributed by atoms with Gasteiger partial charge in [0.1, 0.15) is 11.5 Å². The van der Waals surface area contributed by atoms with Crippen LogP contribution in [0.5, 0.6) is 11.5 Å². The van der Waals surface area contributed by atoms with Crippen molar-refractivity contribution < 1.29 is 14.6 Å². The van der Waals surface area contributed by atoms with E-state index in [4.69, 9.17) is 4.74 Å². The summed E-state index contributed by atoms with van der Waals surface area (Å²) < 4.78 is 4.98. The smallest absolute Gasteiger partial charge is 0.255 e. The quantitative estimate of drug-likeness (QED) is 0.895. The van der Waals surface area contributed by atoms with Crippen LogP contribution < -0.4 is 10.1 Å². The van der Waals surface area contributed by atoms with E-state index in [1.807, 2.05) is 25.1 Å². The minimum Gasteiger partial charge on any atom is -0.507 e. The first-order valence-electron chi connectivity index (χ1n) is 6.20. The first-order valence-corrected chi connectivity index (χ1v) is 6.20. The molecule has 0 bridgehead atoms. The zero-order valence-electron chi connectivity index (χ0n) is 11.3. The first kappa shape index (κ1) is 13.9. The summed E-state index contributed by atoms with van der Waals surface area (Å²) in [7, 11) is 1.50. The van der Waals surface area contributed by atoms with Crippen LogP contribution in [0.25, 0.3) is 0 Å². The molecule has 0 aliphatic rings. The van der Waals surface area contributed by atoms with E-state index in [-0.39, 0.29) is 23.3 Å². The van der Waals surface area contributed by atoms with Crippen molar-refractivity contribution in [3.63, 3.8) is 0 Å². The number of aromatic nitrogens is 1. The number of rotatable bonds is 4. The SMILES string of the molecule is COc1ccc(C(=O)NC(C)c2ccccn2)c(O)c1. The third-order valence-electron chi connectivity index (χ3n) is 2.93. The van der Waals surface area contributed by atoms with Gasteiger partial charge in [-0.3, -0.25) is 9.78 Å². The number of nitrogens with one attached hydrogen (secondary N) is 1. The average molecular weight is 272 g/mol. The molecular weight excluding hydrogens is 256 g/mol. The van der Waals surface area contributed by atoms with Crippen molar-refractivity contribution in [1.29, 1.82) is 0 Å². The van der Waals surface area contributed by atoms with Gasteiger partial charge in [-0.1, -0.05) is 6.07 Å². The second-order valence-electron chi connectivity index (χ2n) is 4.33. The maximum Gasteiger partial charge on any atom is 0.255 e. The Morgan fingerprint density at radius 3 is 2.75 bits per heavy atom. The number of carbonyl (C=O) groups is 1. The number of benzene rings is 1. The average Bonchev–Trinajstić information content (AvgIpc) is 2.47. The van der Waals surface area contributed by atoms with E-state index in [0.717, 1.165) is 5.69 Å². The Labute approximate surface area is 117 Å². The molecule has 0 fully saturated rings. The first-order chi connectivity index (χ1) is 9.61. The maximum atomic E-state index is 12.1. The number of phenols is 1. The van der Waals surface area contributed by atoms with Gasteiger partial charge in [0, 0.05) is 12.3 Å². The maximum absolute atomic E-state index is 12.1. The van der Waals surface area contributed by atoms with E-state index in [1.165, 1.54) is 19.2 Å². The van der Waals surface area contributed by atoms with Gasteiger partial charge in [-0.2, -0.15) is 0 Å². The monoisotopic (exact) mass is 272 g/mol. The molecule has 0 saturated heterocycles. The largest absolute Gasteiger partial charge is 0.507 e. The van der Waals surface area contributed by atoms with Gasteiger partial charge >= 0.3 is 0 Å². The molecule has 2 rings (SSSR count). The van der Waals surface area contributed by atoms with Crippen LogP contribution >= 0.6 is 0 Å². The zero-order chi connectivity index (χ0) is 14.5. The van der Waals surface area contributed by atoms with E-state index >= 15 is 0 Å². The molecule has 1 unspecified atom stereocenters. The number of hydrogen-bond donors (Lipinski definition) is 2. The summed E-state index contributed by atoms with van der Waals surface area (Å²) in [5.41, 5.74) is 0.961. The lowest BCUT2D eigenvalue weighted by Gasteiger charge is -2.14. The highest BCUT2D eigenvalue weighted by Gasteiger charge is 2.15. The lowest BCUT2D eigenvalue weighted by Crippen LogP contribution is -2.27. The molecule has 2 aromatic rings. The lowest BCUT2D eigenvalue weighted by molar-refractivity contribution is 0.0936. The molecule has 0 spiro atoms. The minimum atomic E-state index is -0.358. The second kappa shape index (κ2) is 6.06. The number of ether oxygens (including phenoxy) is 1. The van der Waals surface area contributed by atoms with Crippen molar-refractivity contribution in [2.45, 2.75) is 13.0 Å². The predicted molar refractivity (Wildman–Crippen MR) is 74.8 cm³/mol. The number of phenolic OH excluding ortho intramolecular Hbond substituents is 1. The van der Waals surface area contributed by atoms with Crippen LogP contribution in [0.1, 0.15) is 29.0 Å². The number of carbonyl (C=O) groups excluding carboxylic acids is 1. The van der Waals surface area contributed by atoms with Crippen molar-refractivity contribution in [2.75, 3.05) is 7.11 Å². The summed E-state index contributed by atoms with van der Waals surface area (Å²) in [5, 5.41) is 12.6. The van der Waals surface area contributed by atoms with Crippen LogP contribution in [0.2, 0.25) is 0 Å². The second-order valence-corrected chi connectivity index (χ2v) is 4.33. The fourth-order valence-corrected chi connectivity index (χ4v) is 1.81. The Balaban J connectivity index is 2.12. The number of aromatic hydroxyl groups is 1. The topological polar surface area (TPSA) is 71.5 Å². The zero-order valence-corrected chi connectivity index (χ0v) is 11.3. The number of methoxy groups -OCH3 is 1. The van der Waals surface area contributed by atoms with Crippen molar-refractivity contribution in [1.82, 2.24) is 10.3 Å². The number of amides is 1. The van der Waals surface area contributed by atoms with E-state index in [9.17, 15) is 9.90 Å². The summed E-state index contributed by atoms with van der Waals surface area (Å²) >= 11 is 0. The Morgan fingerprint density at radius 1 is 1.35 bits per heavy atom. The molecule has 0 saturated carbocycles. The van der Waals surface area contributed by atoms with Crippen LogP contribution in [-0.4, -0.2) is 23.1 Å². The summed E-state index contributed by atoms with van der Waals surface area (Å²) in [4.78, 5) is 16.3. The van der Waals surface area contributed by atoms with E-state index < -0.39 is 0 Å². The Bertz CT molecular complexity index is 599. The molecule has 1 amide bonds. The fourth-order valence-electron chi connectivity index (χ4n) is 1.81. The molecule has 0 aliphatic heterocycles. The molecule has 1 aromatic carbocycles. The van der Waals surface area contributed by atoms with Gasteiger partial charge in [0.2, 0.25) is 0 Å². The Morgan fingerprint density at radius 2 is 2.15 bits per heavy atom. The van der Waals surface area contributed by atoms with Crippen molar-refractivity contribution in [2.24, 2.45) is 0 Å². The molecule has 2 N–H and O–H groups in total. The predicted octanol–water partition coefficient (Wildman–Crippen LogP) is 2.29. The normalized spacial score (nSPS) is 11.7. The van der Waals surface area contributed by atoms with Gasteiger partial charge in [-0.15, -0.1) is 0 Å². The van der Waals surface area contributed by atoms with Crippen LogP contribution in [0, 0.1) is 0 Å². The van der Waals surface area contributed by atoms with Gasteiger partial charge in [-0.25, -0.2) is 0 Å². The van der Waals surface area contributed by atoms with Crippen molar-refractivity contribution >= 4 is 5.91 Å². The molecule has 5 heteroatoms. The Kier molecular flexibility index (Phi) is 4.20. The Hall–Kier alpha value is -2.56. The standard InChI is InChI=1S/C15H16N2O3/c1-10(13-5-3-4-8-16-13)17-15(19)12-7-6-11(20-2)9-14(12)18/h3-10,18H,1-2H3,(H,17,19). The van der Waals surface area contributed by atoms with E-state index in [0.29, 0.717) is 5.75 Å².